The third-order valence-corrected chi connectivity index (χ3v) is 3.12. The third-order valence-electron chi connectivity index (χ3n) is 3.12. The predicted octanol–water partition coefficient (Wildman–Crippen LogP) is 1.86. The lowest BCUT2D eigenvalue weighted by Gasteiger charge is -2.19. The molecule has 0 fully saturated rings. The summed E-state index contributed by atoms with van der Waals surface area (Å²) in [6, 6.07) is 5.96. The third kappa shape index (κ3) is 3.46. The maximum absolute atomic E-state index is 4.56. The van der Waals surface area contributed by atoms with Gasteiger partial charge in [0.15, 0.2) is 0 Å². The minimum Gasteiger partial charge on any atom is -0.307 e. The van der Waals surface area contributed by atoms with Crippen LogP contribution in [0.5, 0.6) is 0 Å². The summed E-state index contributed by atoms with van der Waals surface area (Å²) in [5.41, 5.74) is 2.93. The fraction of sp³-hybridized carbons (Fsp3) is 0.400. The van der Waals surface area contributed by atoms with Crippen molar-refractivity contribution < 1.29 is 0 Å². The normalized spacial score (nSPS) is 12.1. The number of hydrogen-bond donors (Lipinski definition) is 1. The molecule has 0 amide bonds. The number of hydrogen-bond acceptors (Lipinski definition) is 4. The molecule has 3 heterocycles. The minimum atomic E-state index is 0.0748. The van der Waals surface area contributed by atoms with E-state index in [1.165, 1.54) is 0 Å². The van der Waals surface area contributed by atoms with Crippen molar-refractivity contribution in [2.45, 2.75) is 39.4 Å². The van der Waals surface area contributed by atoms with Gasteiger partial charge in [0.05, 0.1) is 24.1 Å². The molecule has 0 atom stereocenters. The van der Waals surface area contributed by atoms with Crippen LogP contribution in [-0.4, -0.2) is 29.9 Å². The standard InChI is InChI=1S/C15H20N6/c1-15(2,3)16-8-12-10-21(19-18-12)11-13-9-20-7-5-4-6-14(20)17-13/h4-7,9-10,16H,8,11H2,1-3H3. The van der Waals surface area contributed by atoms with Crippen molar-refractivity contribution in [2.75, 3.05) is 0 Å². The monoisotopic (exact) mass is 284 g/mol. The van der Waals surface area contributed by atoms with E-state index in [2.05, 4.69) is 41.4 Å². The van der Waals surface area contributed by atoms with E-state index in [0.29, 0.717) is 13.1 Å². The van der Waals surface area contributed by atoms with E-state index in [4.69, 9.17) is 0 Å². The number of imidazole rings is 1. The minimum absolute atomic E-state index is 0.0748. The van der Waals surface area contributed by atoms with Gasteiger partial charge in [-0.25, -0.2) is 9.67 Å². The second kappa shape index (κ2) is 5.29. The first-order valence-corrected chi connectivity index (χ1v) is 7.06. The fourth-order valence-corrected chi connectivity index (χ4v) is 2.08. The van der Waals surface area contributed by atoms with E-state index in [1.807, 2.05) is 45.9 Å². The molecule has 3 aromatic rings. The van der Waals surface area contributed by atoms with Gasteiger partial charge in [0.25, 0.3) is 0 Å². The molecule has 21 heavy (non-hydrogen) atoms. The van der Waals surface area contributed by atoms with Crippen molar-refractivity contribution in [3.05, 3.63) is 48.2 Å². The Morgan fingerprint density at radius 1 is 1.14 bits per heavy atom. The van der Waals surface area contributed by atoms with Crippen molar-refractivity contribution in [1.82, 2.24) is 29.7 Å². The molecule has 3 rings (SSSR count). The first-order valence-electron chi connectivity index (χ1n) is 7.06. The highest BCUT2D eigenvalue weighted by Crippen LogP contribution is 2.07. The Labute approximate surface area is 123 Å². The Hall–Kier alpha value is -2.21. The Balaban J connectivity index is 1.69. The van der Waals surface area contributed by atoms with Gasteiger partial charge in [0.1, 0.15) is 5.65 Å². The molecule has 0 aromatic carbocycles. The van der Waals surface area contributed by atoms with Gasteiger partial charge in [-0.2, -0.15) is 0 Å². The molecule has 0 saturated carbocycles. The largest absolute Gasteiger partial charge is 0.307 e. The van der Waals surface area contributed by atoms with Crippen LogP contribution in [0.4, 0.5) is 0 Å². The van der Waals surface area contributed by atoms with E-state index >= 15 is 0 Å². The van der Waals surface area contributed by atoms with Crippen LogP contribution >= 0.6 is 0 Å². The van der Waals surface area contributed by atoms with Crippen molar-refractivity contribution in [3.8, 4) is 0 Å². The Kier molecular flexibility index (Phi) is 3.47. The highest BCUT2D eigenvalue weighted by molar-refractivity contribution is 5.39. The van der Waals surface area contributed by atoms with E-state index in [-0.39, 0.29) is 5.54 Å². The molecular weight excluding hydrogens is 264 g/mol. The lowest BCUT2D eigenvalue weighted by molar-refractivity contribution is 0.421. The molecular formula is C15H20N6. The topological polar surface area (TPSA) is 60.0 Å². The van der Waals surface area contributed by atoms with Crippen LogP contribution in [0.25, 0.3) is 5.65 Å². The molecule has 1 N–H and O–H groups in total. The van der Waals surface area contributed by atoms with Crippen LogP contribution < -0.4 is 5.32 Å². The molecule has 110 valence electrons. The van der Waals surface area contributed by atoms with Gasteiger partial charge >= 0.3 is 0 Å². The van der Waals surface area contributed by atoms with Gasteiger partial charge in [-0.05, 0) is 32.9 Å². The van der Waals surface area contributed by atoms with Crippen LogP contribution in [0, 0.1) is 0 Å². The zero-order valence-electron chi connectivity index (χ0n) is 12.6. The van der Waals surface area contributed by atoms with Crippen LogP contribution in [0.1, 0.15) is 32.2 Å². The first-order chi connectivity index (χ1) is 9.99. The van der Waals surface area contributed by atoms with Crippen LogP contribution in [0.3, 0.4) is 0 Å². The number of rotatable bonds is 4. The molecule has 6 nitrogen and oxygen atoms in total. The average Bonchev–Trinajstić information content (AvgIpc) is 3.01. The molecule has 0 bridgehead atoms. The molecule has 0 radical (unpaired) electrons. The molecule has 0 aliphatic rings. The van der Waals surface area contributed by atoms with Gasteiger partial charge in [0, 0.05) is 24.5 Å². The molecule has 0 aliphatic heterocycles. The number of aromatic nitrogens is 5. The molecule has 0 saturated heterocycles. The Bertz CT molecular complexity index is 701. The van der Waals surface area contributed by atoms with Crippen molar-refractivity contribution >= 4 is 5.65 Å². The Morgan fingerprint density at radius 3 is 2.76 bits per heavy atom. The Morgan fingerprint density at radius 2 is 2.00 bits per heavy atom. The SMILES string of the molecule is CC(C)(C)NCc1cn(Cc2cn3ccccc3n2)nn1. The van der Waals surface area contributed by atoms with Gasteiger partial charge in [0.2, 0.25) is 0 Å². The van der Waals surface area contributed by atoms with E-state index in [9.17, 15) is 0 Å². The summed E-state index contributed by atoms with van der Waals surface area (Å²) in [5, 5.41) is 11.7. The highest BCUT2D eigenvalue weighted by atomic mass is 15.4. The van der Waals surface area contributed by atoms with E-state index in [0.717, 1.165) is 17.0 Å². The van der Waals surface area contributed by atoms with Crippen LogP contribution in [0.15, 0.2) is 36.8 Å². The predicted molar refractivity (Wildman–Crippen MR) is 80.9 cm³/mol. The molecule has 6 heteroatoms. The lowest BCUT2D eigenvalue weighted by Crippen LogP contribution is -2.35. The van der Waals surface area contributed by atoms with Crippen molar-refractivity contribution in [2.24, 2.45) is 0 Å². The number of nitrogens with one attached hydrogen (secondary N) is 1. The summed E-state index contributed by atoms with van der Waals surface area (Å²) in [4.78, 5) is 4.56. The smallest absolute Gasteiger partial charge is 0.137 e. The number of nitrogens with zero attached hydrogens (tertiary/aromatic N) is 5. The molecule has 0 aliphatic carbocycles. The second-order valence-electron chi connectivity index (χ2n) is 6.21. The van der Waals surface area contributed by atoms with Gasteiger partial charge in [-0.3, -0.25) is 0 Å². The number of pyridine rings is 1. The van der Waals surface area contributed by atoms with Crippen molar-refractivity contribution in [3.63, 3.8) is 0 Å². The maximum atomic E-state index is 4.56. The fourth-order valence-electron chi connectivity index (χ4n) is 2.08. The van der Waals surface area contributed by atoms with Gasteiger partial charge in [-0.15, -0.1) is 5.10 Å². The molecule has 0 spiro atoms. The molecule has 0 unspecified atom stereocenters. The summed E-state index contributed by atoms with van der Waals surface area (Å²) in [7, 11) is 0. The van der Waals surface area contributed by atoms with E-state index < -0.39 is 0 Å². The van der Waals surface area contributed by atoms with Crippen molar-refractivity contribution in [1.29, 1.82) is 0 Å². The summed E-state index contributed by atoms with van der Waals surface area (Å²) in [6.45, 7) is 7.75. The highest BCUT2D eigenvalue weighted by Gasteiger charge is 2.10. The summed E-state index contributed by atoms with van der Waals surface area (Å²) in [6.07, 6.45) is 5.97. The second-order valence-corrected chi connectivity index (χ2v) is 6.21. The summed E-state index contributed by atoms with van der Waals surface area (Å²) < 4.78 is 3.83. The zero-order valence-corrected chi connectivity index (χ0v) is 12.6. The maximum Gasteiger partial charge on any atom is 0.137 e. The summed E-state index contributed by atoms with van der Waals surface area (Å²) >= 11 is 0. The average molecular weight is 284 g/mol. The van der Waals surface area contributed by atoms with Gasteiger partial charge < -0.3 is 9.72 Å². The molecule has 3 aromatic heterocycles. The van der Waals surface area contributed by atoms with Gasteiger partial charge in [-0.1, -0.05) is 11.3 Å². The quantitative estimate of drug-likeness (QED) is 0.794. The first kappa shape index (κ1) is 13.8. The van der Waals surface area contributed by atoms with Crippen LogP contribution in [-0.2, 0) is 13.1 Å². The zero-order chi connectivity index (χ0) is 14.9. The summed E-state index contributed by atoms with van der Waals surface area (Å²) in [5.74, 6) is 0. The lowest BCUT2D eigenvalue weighted by atomic mass is 10.1. The van der Waals surface area contributed by atoms with E-state index in [1.54, 1.807) is 0 Å². The van der Waals surface area contributed by atoms with Crippen LogP contribution in [0.2, 0.25) is 0 Å². The number of fused-ring (bicyclic) bond motifs is 1.